The fourth-order valence-electron chi connectivity index (χ4n) is 5.00. The molecule has 2 aliphatic carbocycles. The van der Waals surface area contributed by atoms with E-state index in [1.807, 2.05) is 18.2 Å². The molecule has 0 radical (unpaired) electrons. The lowest BCUT2D eigenvalue weighted by Crippen LogP contribution is -2.30. The molecule has 4 unspecified atom stereocenters. The van der Waals surface area contributed by atoms with Crippen molar-refractivity contribution in [3.8, 4) is 0 Å². The van der Waals surface area contributed by atoms with Crippen LogP contribution in [0.3, 0.4) is 0 Å². The van der Waals surface area contributed by atoms with Gasteiger partial charge in [0.05, 0.1) is 0 Å². The standard InChI is InChI=1S/C21H24F2/c1-13-6-7-15-11-17(9-8-14(15)10-13)19-12-16-4-2-3-5-18(16)20(22)21(19)23/h2-5,12-15,17H,6-11H2,1H3. The molecule has 2 aliphatic rings. The van der Waals surface area contributed by atoms with Crippen LogP contribution in [0.15, 0.2) is 30.3 Å². The largest absolute Gasteiger partial charge is 0.203 e. The fraction of sp³-hybridized carbons (Fsp3) is 0.524. The van der Waals surface area contributed by atoms with Crippen molar-refractivity contribution < 1.29 is 8.78 Å². The molecule has 2 aromatic rings. The van der Waals surface area contributed by atoms with Crippen molar-refractivity contribution in [3.63, 3.8) is 0 Å². The van der Waals surface area contributed by atoms with Gasteiger partial charge in [0.25, 0.3) is 0 Å². The molecule has 0 nitrogen and oxygen atoms in total. The molecule has 122 valence electrons. The van der Waals surface area contributed by atoms with Crippen molar-refractivity contribution in [2.24, 2.45) is 17.8 Å². The van der Waals surface area contributed by atoms with E-state index in [0.29, 0.717) is 16.9 Å². The molecular weight excluding hydrogens is 290 g/mol. The maximum absolute atomic E-state index is 14.6. The van der Waals surface area contributed by atoms with Crippen LogP contribution in [0.1, 0.15) is 56.9 Å². The number of halogens is 2. The Hall–Kier alpha value is -1.44. The lowest BCUT2D eigenvalue weighted by atomic mass is 9.64. The number of rotatable bonds is 1. The van der Waals surface area contributed by atoms with E-state index >= 15 is 0 Å². The SMILES string of the molecule is CC1CCC2CC(c3cc4ccccc4c(F)c3F)CCC2C1. The predicted molar refractivity (Wildman–Crippen MR) is 90.5 cm³/mol. The van der Waals surface area contributed by atoms with Crippen molar-refractivity contribution in [1.29, 1.82) is 0 Å². The van der Waals surface area contributed by atoms with Crippen LogP contribution in [-0.2, 0) is 0 Å². The first-order valence-electron chi connectivity index (χ1n) is 9.00. The number of hydrogen-bond acceptors (Lipinski definition) is 0. The monoisotopic (exact) mass is 314 g/mol. The number of hydrogen-bond donors (Lipinski definition) is 0. The highest BCUT2D eigenvalue weighted by atomic mass is 19.2. The summed E-state index contributed by atoms with van der Waals surface area (Å²) in [7, 11) is 0. The molecule has 23 heavy (non-hydrogen) atoms. The smallest absolute Gasteiger partial charge is 0.166 e. The molecule has 0 N–H and O–H groups in total. The van der Waals surface area contributed by atoms with E-state index in [9.17, 15) is 8.78 Å². The van der Waals surface area contributed by atoms with Crippen molar-refractivity contribution >= 4 is 10.8 Å². The highest BCUT2D eigenvalue weighted by molar-refractivity contribution is 5.84. The second-order valence-electron chi connectivity index (χ2n) is 7.76. The Bertz CT molecular complexity index is 721. The zero-order valence-electron chi connectivity index (χ0n) is 13.7. The van der Waals surface area contributed by atoms with Gasteiger partial charge in [0.15, 0.2) is 11.6 Å². The van der Waals surface area contributed by atoms with E-state index in [1.54, 1.807) is 12.1 Å². The number of fused-ring (bicyclic) bond motifs is 2. The van der Waals surface area contributed by atoms with Gasteiger partial charge in [0.2, 0.25) is 0 Å². The van der Waals surface area contributed by atoms with Crippen LogP contribution in [0.5, 0.6) is 0 Å². The van der Waals surface area contributed by atoms with Gasteiger partial charge in [0, 0.05) is 5.39 Å². The average molecular weight is 314 g/mol. The minimum absolute atomic E-state index is 0.184. The minimum atomic E-state index is -0.669. The van der Waals surface area contributed by atoms with Crippen LogP contribution < -0.4 is 0 Å². The Morgan fingerprint density at radius 1 is 0.870 bits per heavy atom. The molecule has 0 saturated heterocycles. The molecule has 4 rings (SSSR count). The zero-order chi connectivity index (χ0) is 16.0. The highest BCUT2D eigenvalue weighted by Gasteiger charge is 2.36. The maximum Gasteiger partial charge on any atom is 0.166 e. The summed E-state index contributed by atoms with van der Waals surface area (Å²) in [6.07, 6.45) is 7.09. The van der Waals surface area contributed by atoms with Gasteiger partial charge in [-0.05, 0) is 72.8 Å². The summed E-state index contributed by atoms with van der Waals surface area (Å²) in [5.74, 6) is 1.25. The summed E-state index contributed by atoms with van der Waals surface area (Å²) in [5, 5.41) is 1.22. The third-order valence-corrected chi connectivity index (χ3v) is 6.27. The Kier molecular flexibility index (Phi) is 3.87. The molecule has 2 aromatic carbocycles. The summed E-state index contributed by atoms with van der Waals surface area (Å²) in [6, 6.07) is 9.10. The van der Waals surface area contributed by atoms with Crippen molar-refractivity contribution in [2.75, 3.05) is 0 Å². The lowest BCUT2D eigenvalue weighted by Gasteiger charge is -2.41. The molecule has 0 heterocycles. The fourth-order valence-corrected chi connectivity index (χ4v) is 5.00. The van der Waals surface area contributed by atoms with Crippen LogP contribution in [0, 0.1) is 29.4 Å². The second kappa shape index (κ2) is 5.89. The molecule has 4 atom stereocenters. The van der Waals surface area contributed by atoms with Gasteiger partial charge in [-0.2, -0.15) is 0 Å². The van der Waals surface area contributed by atoms with E-state index in [0.717, 1.165) is 30.1 Å². The van der Waals surface area contributed by atoms with Gasteiger partial charge < -0.3 is 0 Å². The summed E-state index contributed by atoms with van der Waals surface area (Å²) in [4.78, 5) is 0. The highest BCUT2D eigenvalue weighted by Crippen LogP contribution is 2.48. The van der Waals surface area contributed by atoms with Crippen LogP contribution in [-0.4, -0.2) is 0 Å². The van der Waals surface area contributed by atoms with Crippen molar-refractivity contribution in [3.05, 3.63) is 47.5 Å². The molecule has 0 aromatic heterocycles. The topological polar surface area (TPSA) is 0 Å². The molecule has 2 saturated carbocycles. The first kappa shape index (κ1) is 15.1. The van der Waals surface area contributed by atoms with Crippen LogP contribution in [0.4, 0.5) is 8.78 Å². The second-order valence-corrected chi connectivity index (χ2v) is 7.76. The predicted octanol–water partition coefficient (Wildman–Crippen LogP) is 6.44. The summed E-state index contributed by atoms with van der Waals surface area (Å²) in [6.45, 7) is 2.35. The van der Waals surface area contributed by atoms with Crippen LogP contribution >= 0.6 is 0 Å². The van der Waals surface area contributed by atoms with Crippen molar-refractivity contribution in [1.82, 2.24) is 0 Å². The van der Waals surface area contributed by atoms with E-state index in [-0.39, 0.29) is 5.92 Å². The molecule has 0 aliphatic heterocycles. The molecule has 0 bridgehead atoms. The molecule has 2 heteroatoms. The Labute approximate surface area is 136 Å². The van der Waals surface area contributed by atoms with Gasteiger partial charge in [-0.15, -0.1) is 0 Å². The van der Waals surface area contributed by atoms with Gasteiger partial charge in [-0.25, -0.2) is 8.78 Å². The number of benzene rings is 2. The van der Waals surface area contributed by atoms with Crippen LogP contribution in [0.2, 0.25) is 0 Å². The lowest BCUT2D eigenvalue weighted by molar-refractivity contribution is 0.123. The van der Waals surface area contributed by atoms with E-state index < -0.39 is 11.6 Å². The quantitative estimate of drug-likeness (QED) is 0.568. The molecule has 0 amide bonds. The van der Waals surface area contributed by atoms with E-state index in [4.69, 9.17) is 0 Å². The Balaban J connectivity index is 1.66. The third-order valence-electron chi connectivity index (χ3n) is 6.27. The van der Waals surface area contributed by atoms with E-state index in [1.165, 1.54) is 25.7 Å². The minimum Gasteiger partial charge on any atom is -0.203 e. The molecule has 0 spiro atoms. The normalized spacial score (nSPS) is 31.1. The van der Waals surface area contributed by atoms with Crippen molar-refractivity contribution in [2.45, 2.75) is 51.4 Å². The zero-order valence-corrected chi connectivity index (χ0v) is 13.7. The van der Waals surface area contributed by atoms with Gasteiger partial charge in [0.1, 0.15) is 0 Å². The summed E-state index contributed by atoms with van der Waals surface area (Å²) >= 11 is 0. The third kappa shape index (κ3) is 2.66. The van der Waals surface area contributed by atoms with Gasteiger partial charge in [-0.3, -0.25) is 0 Å². The summed E-state index contributed by atoms with van der Waals surface area (Å²) in [5.41, 5.74) is 0.610. The summed E-state index contributed by atoms with van der Waals surface area (Å²) < 4.78 is 29.1. The molecular formula is C21H24F2. The first-order chi connectivity index (χ1) is 11.1. The Morgan fingerprint density at radius 2 is 1.61 bits per heavy atom. The van der Waals surface area contributed by atoms with E-state index in [2.05, 4.69) is 6.92 Å². The Morgan fingerprint density at radius 3 is 2.48 bits per heavy atom. The van der Waals surface area contributed by atoms with Gasteiger partial charge >= 0.3 is 0 Å². The maximum atomic E-state index is 14.6. The van der Waals surface area contributed by atoms with Crippen LogP contribution in [0.25, 0.3) is 10.8 Å². The molecule has 2 fully saturated rings. The first-order valence-corrected chi connectivity index (χ1v) is 9.00. The van der Waals surface area contributed by atoms with Gasteiger partial charge in [-0.1, -0.05) is 37.6 Å². The average Bonchev–Trinajstić information content (AvgIpc) is 2.58.